The van der Waals surface area contributed by atoms with E-state index < -0.39 is 0 Å². The Hall–Kier alpha value is -0.120. The van der Waals surface area contributed by atoms with Gasteiger partial charge in [-0.3, -0.25) is 0 Å². The lowest BCUT2D eigenvalue weighted by atomic mass is 9.87. The van der Waals surface area contributed by atoms with Crippen LogP contribution in [0.15, 0.2) is 0 Å². The molecule has 0 aromatic rings. The number of hydrogen-bond acceptors (Lipinski definition) is 3. The average Bonchev–Trinajstić information content (AvgIpc) is 3.07. The Labute approximate surface area is 106 Å². The van der Waals surface area contributed by atoms with E-state index in [0.717, 1.165) is 18.4 Å². The molecule has 0 radical (unpaired) electrons. The van der Waals surface area contributed by atoms with Crippen molar-refractivity contribution in [1.29, 1.82) is 0 Å². The number of piperidine rings is 1. The van der Waals surface area contributed by atoms with Crippen LogP contribution in [0.4, 0.5) is 0 Å². The average molecular weight is 240 g/mol. The number of aliphatic hydroxyl groups is 1. The first-order chi connectivity index (χ1) is 8.02. The van der Waals surface area contributed by atoms with Crippen molar-refractivity contribution in [2.75, 3.05) is 26.2 Å². The molecule has 100 valence electrons. The Bertz CT molecular complexity index is 255. The van der Waals surface area contributed by atoms with Gasteiger partial charge in [-0.1, -0.05) is 13.8 Å². The molecule has 0 amide bonds. The van der Waals surface area contributed by atoms with Gasteiger partial charge in [0.15, 0.2) is 0 Å². The van der Waals surface area contributed by atoms with Gasteiger partial charge in [0.2, 0.25) is 0 Å². The molecule has 2 N–H and O–H groups in total. The SMILES string of the molecule is CC1CCN(CC(C)(CO)NC2CC2)CC1C. The van der Waals surface area contributed by atoms with Crippen LogP contribution in [0.5, 0.6) is 0 Å². The predicted molar refractivity (Wildman–Crippen MR) is 71.0 cm³/mol. The third-order valence-corrected chi connectivity index (χ3v) is 4.47. The van der Waals surface area contributed by atoms with Gasteiger partial charge in [0.05, 0.1) is 12.1 Å². The predicted octanol–water partition coefficient (Wildman–Crippen LogP) is 1.47. The second-order valence-electron chi connectivity index (χ2n) is 6.62. The van der Waals surface area contributed by atoms with Crippen LogP contribution in [0.25, 0.3) is 0 Å². The number of nitrogens with one attached hydrogen (secondary N) is 1. The topological polar surface area (TPSA) is 35.5 Å². The van der Waals surface area contributed by atoms with Crippen LogP contribution in [0, 0.1) is 11.8 Å². The van der Waals surface area contributed by atoms with Gasteiger partial charge in [-0.2, -0.15) is 0 Å². The summed E-state index contributed by atoms with van der Waals surface area (Å²) in [7, 11) is 0. The minimum Gasteiger partial charge on any atom is -0.394 e. The first kappa shape index (κ1) is 13.3. The van der Waals surface area contributed by atoms with Crippen LogP contribution in [-0.4, -0.2) is 47.8 Å². The van der Waals surface area contributed by atoms with Crippen molar-refractivity contribution in [3.8, 4) is 0 Å². The number of nitrogens with zero attached hydrogens (tertiary/aromatic N) is 1. The summed E-state index contributed by atoms with van der Waals surface area (Å²) in [5.74, 6) is 1.63. The van der Waals surface area contributed by atoms with E-state index in [0.29, 0.717) is 6.04 Å². The summed E-state index contributed by atoms with van der Waals surface area (Å²) in [6.45, 7) is 10.5. The quantitative estimate of drug-likeness (QED) is 0.764. The lowest BCUT2D eigenvalue weighted by molar-refractivity contribution is 0.0759. The summed E-state index contributed by atoms with van der Waals surface area (Å²) in [5, 5.41) is 13.2. The highest BCUT2D eigenvalue weighted by Gasteiger charge is 2.34. The minimum atomic E-state index is -0.110. The van der Waals surface area contributed by atoms with Gasteiger partial charge < -0.3 is 15.3 Å². The minimum absolute atomic E-state index is 0.110. The third-order valence-electron chi connectivity index (χ3n) is 4.47. The molecule has 1 saturated carbocycles. The molecule has 2 fully saturated rings. The molecule has 2 aliphatic rings. The number of rotatable bonds is 5. The fourth-order valence-corrected chi connectivity index (χ4v) is 2.85. The first-order valence-corrected chi connectivity index (χ1v) is 7.13. The van der Waals surface area contributed by atoms with Gasteiger partial charge >= 0.3 is 0 Å². The second kappa shape index (κ2) is 5.25. The van der Waals surface area contributed by atoms with Crippen molar-refractivity contribution in [2.24, 2.45) is 11.8 Å². The smallest absolute Gasteiger partial charge is 0.0623 e. The second-order valence-corrected chi connectivity index (χ2v) is 6.62. The molecule has 3 nitrogen and oxygen atoms in total. The zero-order chi connectivity index (χ0) is 12.5. The van der Waals surface area contributed by atoms with E-state index in [1.807, 2.05) is 0 Å². The van der Waals surface area contributed by atoms with E-state index >= 15 is 0 Å². The van der Waals surface area contributed by atoms with E-state index in [1.165, 1.54) is 32.4 Å². The normalized spacial score (nSPS) is 34.6. The van der Waals surface area contributed by atoms with Gasteiger partial charge in [-0.15, -0.1) is 0 Å². The maximum absolute atomic E-state index is 9.62. The van der Waals surface area contributed by atoms with Crippen molar-refractivity contribution in [3.05, 3.63) is 0 Å². The number of hydrogen-bond donors (Lipinski definition) is 2. The van der Waals surface area contributed by atoms with Crippen molar-refractivity contribution in [1.82, 2.24) is 10.2 Å². The van der Waals surface area contributed by atoms with Gasteiger partial charge in [0, 0.05) is 19.1 Å². The molecule has 17 heavy (non-hydrogen) atoms. The molecule has 3 atom stereocenters. The zero-order valence-corrected chi connectivity index (χ0v) is 11.6. The summed E-state index contributed by atoms with van der Waals surface area (Å²) in [6.07, 6.45) is 3.86. The molecule has 1 saturated heterocycles. The van der Waals surface area contributed by atoms with E-state index in [4.69, 9.17) is 0 Å². The third kappa shape index (κ3) is 3.67. The molecular weight excluding hydrogens is 212 g/mol. The van der Waals surface area contributed by atoms with E-state index in [2.05, 4.69) is 31.0 Å². The van der Waals surface area contributed by atoms with E-state index in [1.54, 1.807) is 0 Å². The van der Waals surface area contributed by atoms with Crippen LogP contribution in [0.3, 0.4) is 0 Å². The summed E-state index contributed by atoms with van der Waals surface area (Å²) in [6, 6.07) is 0.660. The monoisotopic (exact) mass is 240 g/mol. The number of aliphatic hydroxyl groups excluding tert-OH is 1. The number of likely N-dealkylation sites (tertiary alicyclic amines) is 1. The molecule has 0 aromatic carbocycles. The maximum atomic E-state index is 9.62. The molecule has 0 aromatic heterocycles. The van der Waals surface area contributed by atoms with Crippen LogP contribution >= 0.6 is 0 Å². The Morgan fingerprint density at radius 1 is 1.24 bits per heavy atom. The fourth-order valence-electron chi connectivity index (χ4n) is 2.85. The summed E-state index contributed by atoms with van der Waals surface area (Å²) < 4.78 is 0. The summed E-state index contributed by atoms with van der Waals surface area (Å²) in [4.78, 5) is 2.52. The molecule has 3 heteroatoms. The van der Waals surface area contributed by atoms with Gasteiger partial charge in [-0.05, 0) is 44.6 Å². The van der Waals surface area contributed by atoms with Crippen LogP contribution < -0.4 is 5.32 Å². The highest BCUT2D eigenvalue weighted by atomic mass is 16.3. The summed E-state index contributed by atoms with van der Waals surface area (Å²) >= 11 is 0. The van der Waals surface area contributed by atoms with E-state index in [-0.39, 0.29) is 12.1 Å². The maximum Gasteiger partial charge on any atom is 0.0623 e. The molecule has 2 rings (SSSR count). The van der Waals surface area contributed by atoms with Gasteiger partial charge in [-0.25, -0.2) is 0 Å². The Kier molecular flexibility index (Phi) is 4.11. The Morgan fingerprint density at radius 3 is 2.47 bits per heavy atom. The van der Waals surface area contributed by atoms with Gasteiger partial charge in [0.25, 0.3) is 0 Å². The fraction of sp³-hybridized carbons (Fsp3) is 1.00. The van der Waals surface area contributed by atoms with Crippen molar-refractivity contribution < 1.29 is 5.11 Å². The molecule has 1 aliphatic heterocycles. The molecule has 0 spiro atoms. The highest BCUT2D eigenvalue weighted by Crippen LogP contribution is 2.26. The molecule has 1 aliphatic carbocycles. The van der Waals surface area contributed by atoms with Crippen LogP contribution in [0.1, 0.15) is 40.0 Å². The molecule has 3 unspecified atom stereocenters. The van der Waals surface area contributed by atoms with E-state index in [9.17, 15) is 5.11 Å². The standard InChI is InChI=1S/C14H28N2O/c1-11-6-7-16(8-12(11)2)9-14(3,10-17)15-13-4-5-13/h11-13,15,17H,4-10H2,1-3H3. The first-order valence-electron chi connectivity index (χ1n) is 7.13. The van der Waals surface area contributed by atoms with Crippen LogP contribution in [-0.2, 0) is 0 Å². The lowest BCUT2D eigenvalue weighted by Crippen LogP contribution is -2.56. The van der Waals surface area contributed by atoms with Crippen molar-refractivity contribution in [3.63, 3.8) is 0 Å². The van der Waals surface area contributed by atoms with Gasteiger partial charge in [0.1, 0.15) is 0 Å². The van der Waals surface area contributed by atoms with Crippen LogP contribution in [0.2, 0.25) is 0 Å². The largest absolute Gasteiger partial charge is 0.394 e. The zero-order valence-electron chi connectivity index (χ0n) is 11.6. The van der Waals surface area contributed by atoms with Crippen molar-refractivity contribution >= 4 is 0 Å². The Balaban J connectivity index is 1.85. The molecule has 0 bridgehead atoms. The summed E-state index contributed by atoms with van der Waals surface area (Å²) in [5.41, 5.74) is -0.110. The lowest BCUT2D eigenvalue weighted by Gasteiger charge is -2.41. The van der Waals surface area contributed by atoms with Crippen molar-refractivity contribution in [2.45, 2.75) is 51.6 Å². The molecular formula is C14H28N2O. The highest BCUT2D eigenvalue weighted by molar-refractivity contribution is 4.95. The molecule has 1 heterocycles. The Morgan fingerprint density at radius 2 is 1.94 bits per heavy atom.